The van der Waals surface area contributed by atoms with Gasteiger partial charge in [0, 0.05) is 17.1 Å². The second-order valence-electron chi connectivity index (χ2n) is 3.01. The smallest absolute Gasteiger partial charge is 0.132 e. The van der Waals surface area contributed by atoms with Gasteiger partial charge in [-0.2, -0.15) is 0 Å². The number of H-pyrrole nitrogens is 1. The van der Waals surface area contributed by atoms with Crippen LogP contribution in [0.3, 0.4) is 0 Å². The van der Waals surface area contributed by atoms with Crippen molar-refractivity contribution in [3.63, 3.8) is 0 Å². The molecule has 15 heavy (non-hydrogen) atoms. The number of benzene rings is 1. The number of aromatic amines is 1. The average molecular weight is 231 g/mol. The molecule has 0 aliphatic heterocycles. The summed E-state index contributed by atoms with van der Waals surface area (Å²) in [6, 6.07) is 5.02. The summed E-state index contributed by atoms with van der Waals surface area (Å²) >= 11 is 0. The first-order chi connectivity index (χ1) is 6.33. The van der Waals surface area contributed by atoms with Crippen LogP contribution in [0.2, 0.25) is 0 Å². The van der Waals surface area contributed by atoms with Crippen molar-refractivity contribution in [2.45, 2.75) is 13.8 Å². The highest BCUT2D eigenvalue weighted by atomic mass is 35.5. The van der Waals surface area contributed by atoms with Crippen LogP contribution >= 0.6 is 12.4 Å². The lowest BCUT2D eigenvalue weighted by atomic mass is 10.1. The molecule has 0 saturated heterocycles. The molecule has 0 aliphatic carbocycles. The van der Waals surface area contributed by atoms with Gasteiger partial charge in [-0.15, -0.1) is 12.4 Å². The quantitative estimate of drug-likeness (QED) is 0.819. The molecule has 0 fully saturated rings. The molecule has 0 aliphatic rings. The zero-order chi connectivity index (χ0) is 9.26. The van der Waals surface area contributed by atoms with Gasteiger partial charge in [0.05, 0.1) is 0 Å². The van der Waals surface area contributed by atoms with E-state index in [1.165, 1.54) is 6.07 Å². The van der Waals surface area contributed by atoms with E-state index in [4.69, 9.17) is 5.73 Å². The molecule has 2 rings (SSSR count). The van der Waals surface area contributed by atoms with Crippen LogP contribution in [0.1, 0.15) is 13.0 Å². The largest absolute Gasteiger partial charge is 0.361 e. The fraction of sp³-hybridized carbons (Fsp3) is 0.273. The minimum atomic E-state index is -0.179. The number of hydrogen-bond donors (Lipinski definition) is 2. The third kappa shape index (κ3) is 2.49. The van der Waals surface area contributed by atoms with E-state index in [1.54, 1.807) is 6.07 Å². The highest BCUT2D eigenvalue weighted by Gasteiger charge is 2.06. The second-order valence-corrected chi connectivity index (χ2v) is 3.01. The molecule has 0 spiro atoms. The SMILES string of the molecule is C.Cl.NCCc1c[nH]c2cccc(F)c12. The summed E-state index contributed by atoms with van der Waals surface area (Å²) in [5, 5.41) is 0.674. The first kappa shape index (κ1) is 13.9. The predicted octanol–water partition coefficient (Wildman–Crippen LogP) is 2.87. The lowest BCUT2D eigenvalue weighted by Gasteiger charge is -1.96. The average Bonchev–Trinajstić information content (AvgIpc) is 2.51. The van der Waals surface area contributed by atoms with E-state index in [0.29, 0.717) is 18.4 Å². The third-order valence-electron chi connectivity index (χ3n) is 2.15. The van der Waals surface area contributed by atoms with Gasteiger partial charge in [-0.1, -0.05) is 13.5 Å². The van der Waals surface area contributed by atoms with E-state index in [2.05, 4.69) is 4.98 Å². The third-order valence-corrected chi connectivity index (χ3v) is 2.15. The Kier molecular flexibility index (Phi) is 5.33. The summed E-state index contributed by atoms with van der Waals surface area (Å²) in [7, 11) is 0. The summed E-state index contributed by atoms with van der Waals surface area (Å²) in [5.41, 5.74) is 7.22. The zero-order valence-electron chi connectivity index (χ0n) is 7.59. The van der Waals surface area contributed by atoms with Gasteiger partial charge in [0.25, 0.3) is 0 Å². The van der Waals surface area contributed by atoms with Crippen LogP contribution in [0.4, 0.5) is 4.39 Å². The summed E-state index contributed by atoms with van der Waals surface area (Å²) in [4.78, 5) is 3.02. The van der Waals surface area contributed by atoms with Gasteiger partial charge in [0.2, 0.25) is 0 Å². The molecule has 0 atom stereocenters. The van der Waals surface area contributed by atoms with Crippen molar-refractivity contribution in [2.75, 3.05) is 6.54 Å². The Morgan fingerprint density at radius 3 is 2.73 bits per heavy atom. The monoisotopic (exact) mass is 230 g/mol. The maximum absolute atomic E-state index is 13.3. The number of nitrogens with one attached hydrogen (secondary N) is 1. The van der Waals surface area contributed by atoms with E-state index >= 15 is 0 Å². The molecule has 0 amide bonds. The van der Waals surface area contributed by atoms with Gasteiger partial charge in [-0.25, -0.2) is 4.39 Å². The molecule has 1 aromatic carbocycles. The molecule has 3 N–H and O–H groups in total. The van der Waals surface area contributed by atoms with E-state index in [1.807, 2.05) is 12.3 Å². The molecule has 1 heterocycles. The van der Waals surface area contributed by atoms with E-state index < -0.39 is 0 Å². The van der Waals surface area contributed by atoms with Crippen molar-refractivity contribution in [1.82, 2.24) is 4.98 Å². The van der Waals surface area contributed by atoms with Crippen LogP contribution < -0.4 is 5.73 Å². The van der Waals surface area contributed by atoms with Gasteiger partial charge < -0.3 is 10.7 Å². The maximum Gasteiger partial charge on any atom is 0.132 e. The Balaban J connectivity index is 0.000000980. The molecule has 0 radical (unpaired) electrons. The van der Waals surface area contributed by atoms with E-state index in [-0.39, 0.29) is 25.7 Å². The number of hydrogen-bond acceptors (Lipinski definition) is 1. The van der Waals surface area contributed by atoms with Crippen LogP contribution in [-0.4, -0.2) is 11.5 Å². The Hall–Kier alpha value is -1.06. The van der Waals surface area contributed by atoms with Crippen LogP contribution in [0, 0.1) is 5.82 Å². The highest BCUT2D eigenvalue weighted by molar-refractivity contribution is 5.85. The van der Waals surface area contributed by atoms with Gasteiger partial charge in [-0.3, -0.25) is 0 Å². The van der Waals surface area contributed by atoms with Gasteiger partial charge in [0.15, 0.2) is 0 Å². The fourth-order valence-corrected chi connectivity index (χ4v) is 1.56. The van der Waals surface area contributed by atoms with Crippen molar-refractivity contribution in [3.05, 3.63) is 35.8 Å². The van der Waals surface area contributed by atoms with Gasteiger partial charge in [0.1, 0.15) is 5.82 Å². The number of nitrogens with two attached hydrogens (primary N) is 1. The predicted molar refractivity (Wildman–Crippen MR) is 65.0 cm³/mol. The molecule has 2 nitrogen and oxygen atoms in total. The molecule has 84 valence electrons. The second kappa shape index (κ2) is 5.73. The van der Waals surface area contributed by atoms with Crippen LogP contribution in [0.25, 0.3) is 10.9 Å². The van der Waals surface area contributed by atoms with Gasteiger partial charge >= 0.3 is 0 Å². The van der Waals surface area contributed by atoms with Crippen LogP contribution in [-0.2, 0) is 6.42 Å². The molecular formula is C11H16ClFN2. The highest BCUT2D eigenvalue weighted by Crippen LogP contribution is 2.21. The summed E-state index contributed by atoms with van der Waals surface area (Å²) in [6.07, 6.45) is 2.53. The lowest BCUT2D eigenvalue weighted by molar-refractivity contribution is 0.639. The molecular weight excluding hydrogens is 215 g/mol. The van der Waals surface area contributed by atoms with Gasteiger partial charge in [-0.05, 0) is 30.7 Å². The first-order valence-corrected chi connectivity index (χ1v) is 4.27. The van der Waals surface area contributed by atoms with Crippen molar-refractivity contribution in [1.29, 1.82) is 0 Å². The molecule has 4 heteroatoms. The van der Waals surface area contributed by atoms with Crippen molar-refractivity contribution in [2.24, 2.45) is 5.73 Å². The number of fused-ring (bicyclic) bond motifs is 1. The summed E-state index contributed by atoms with van der Waals surface area (Å²) < 4.78 is 13.3. The van der Waals surface area contributed by atoms with Crippen molar-refractivity contribution in [3.8, 4) is 0 Å². The van der Waals surface area contributed by atoms with Crippen molar-refractivity contribution >= 4 is 23.3 Å². The molecule has 0 unspecified atom stereocenters. The molecule has 1 aromatic heterocycles. The number of halogens is 2. The molecule has 0 saturated carbocycles. The lowest BCUT2D eigenvalue weighted by Crippen LogP contribution is -2.02. The van der Waals surface area contributed by atoms with E-state index in [9.17, 15) is 4.39 Å². The minimum Gasteiger partial charge on any atom is -0.361 e. The Morgan fingerprint density at radius 2 is 2.07 bits per heavy atom. The molecule has 2 aromatic rings. The minimum absolute atomic E-state index is 0. The van der Waals surface area contributed by atoms with Crippen LogP contribution in [0.15, 0.2) is 24.4 Å². The fourth-order valence-electron chi connectivity index (χ4n) is 1.56. The zero-order valence-corrected chi connectivity index (χ0v) is 8.40. The van der Waals surface area contributed by atoms with E-state index in [0.717, 1.165) is 11.1 Å². The summed E-state index contributed by atoms with van der Waals surface area (Å²) in [5.74, 6) is -0.179. The topological polar surface area (TPSA) is 41.8 Å². The Bertz CT molecular complexity index is 425. The standard InChI is InChI=1S/C10H11FN2.CH4.ClH/c11-8-2-1-3-9-10(8)7(4-5-12)6-13-9;;/h1-3,6,13H,4-5,12H2;1H4;1H. The summed E-state index contributed by atoms with van der Waals surface area (Å²) in [6.45, 7) is 0.543. The normalized spacial score (nSPS) is 9.47. The number of aromatic nitrogens is 1. The number of rotatable bonds is 2. The first-order valence-electron chi connectivity index (χ1n) is 4.27. The van der Waals surface area contributed by atoms with Crippen molar-refractivity contribution < 1.29 is 4.39 Å². The van der Waals surface area contributed by atoms with Crippen LogP contribution in [0.5, 0.6) is 0 Å². The Labute approximate surface area is 95.1 Å². The Morgan fingerprint density at radius 1 is 1.33 bits per heavy atom. The maximum atomic E-state index is 13.3. The molecule has 0 bridgehead atoms.